The first-order chi connectivity index (χ1) is 12.7. The van der Waals surface area contributed by atoms with Crippen LogP contribution in [0.4, 0.5) is 8.78 Å². The van der Waals surface area contributed by atoms with Gasteiger partial charge in [0.05, 0.1) is 29.5 Å². The Morgan fingerprint density at radius 3 is 2.52 bits per heavy atom. The van der Waals surface area contributed by atoms with Gasteiger partial charge in [-0.25, -0.2) is 37.3 Å². The van der Waals surface area contributed by atoms with Crippen molar-refractivity contribution in [3.05, 3.63) is 59.7 Å². The monoisotopic (exact) mass is 389 g/mol. The van der Waals surface area contributed by atoms with Crippen molar-refractivity contribution >= 4 is 32.1 Å². The SMILES string of the molecule is Cc1ccc2c(ncc3ncn(Cc4c(F)cc(S(N)(=O)=O)cc4F)c32)n1. The molecule has 4 aromatic rings. The van der Waals surface area contributed by atoms with E-state index in [1.165, 1.54) is 12.5 Å². The minimum absolute atomic E-state index is 0.188. The van der Waals surface area contributed by atoms with Crippen LogP contribution in [0.3, 0.4) is 0 Å². The first-order valence-electron chi connectivity index (χ1n) is 7.82. The molecule has 138 valence electrons. The Hall–Kier alpha value is -2.98. The zero-order valence-corrected chi connectivity index (χ0v) is 14.8. The fraction of sp³-hybridized carbons (Fsp3) is 0.118. The maximum absolute atomic E-state index is 14.4. The second-order valence-electron chi connectivity index (χ2n) is 6.10. The molecule has 10 heteroatoms. The maximum Gasteiger partial charge on any atom is 0.238 e. The van der Waals surface area contributed by atoms with Crippen molar-refractivity contribution in [2.45, 2.75) is 18.4 Å². The van der Waals surface area contributed by atoms with Gasteiger partial charge in [0.15, 0.2) is 5.65 Å². The number of hydrogen-bond acceptors (Lipinski definition) is 5. The van der Waals surface area contributed by atoms with Gasteiger partial charge in [-0.3, -0.25) is 0 Å². The Morgan fingerprint density at radius 1 is 1.15 bits per heavy atom. The summed E-state index contributed by atoms with van der Waals surface area (Å²) < 4.78 is 53.0. The maximum atomic E-state index is 14.4. The van der Waals surface area contributed by atoms with E-state index in [1.54, 1.807) is 4.57 Å². The minimum atomic E-state index is -4.21. The number of nitrogens with two attached hydrogens (primary N) is 1. The van der Waals surface area contributed by atoms with Gasteiger partial charge in [-0.05, 0) is 31.2 Å². The van der Waals surface area contributed by atoms with E-state index in [9.17, 15) is 17.2 Å². The lowest BCUT2D eigenvalue weighted by molar-refractivity contribution is 0.537. The highest BCUT2D eigenvalue weighted by atomic mass is 32.2. The highest BCUT2D eigenvalue weighted by Gasteiger charge is 2.18. The van der Waals surface area contributed by atoms with E-state index in [0.717, 1.165) is 5.69 Å². The summed E-state index contributed by atoms with van der Waals surface area (Å²) in [5.74, 6) is -2.01. The van der Waals surface area contributed by atoms with Crippen molar-refractivity contribution in [3.8, 4) is 0 Å². The molecule has 0 unspecified atom stereocenters. The molecule has 0 amide bonds. The molecule has 0 spiro atoms. The standard InChI is InChI=1S/C17H13F2N5O2S/c1-9-2-3-11-16-15(6-21-17(11)23-9)22-8-24(16)7-12-13(18)4-10(5-14(12)19)27(20,25)26/h2-6,8H,7H2,1H3,(H2,20,25,26). The van der Waals surface area contributed by atoms with E-state index in [2.05, 4.69) is 15.0 Å². The lowest BCUT2D eigenvalue weighted by Crippen LogP contribution is -2.14. The molecule has 3 aromatic heterocycles. The third kappa shape index (κ3) is 3.02. The van der Waals surface area contributed by atoms with Gasteiger partial charge in [-0.2, -0.15) is 0 Å². The van der Waals surface area contributed by atoms with Gasteiger partial charge in [0.25, 0.3) is 0 Å². The van der Waals surface area contributed by atoms with Gasteiger partial charge >= 0.3 is 0 Å². The molecule has 0 bridgehead atoms. The number of primary sulfonamides is 1. The van der Waals surface area contributed by atoms with Crippen molar-refractivity contribution in [1.82, 2.24) is 19.5 Å². The van der Waals surface area contributed by atoms with E-state index in [4.69, 9.17) is 5.14 Å². The van der Waals surface area contributed by atoms with Crippen LogP contribution in [0.2, 0.25) is 0 Å². The van der Waals surface area contributed by atoms with Crippen molar-refractivity contribution in [2.24, 2.45) is 5.14 Å². The molecule has 0 atom stereocenters. The number of pyridine rings is 2. The normalized spacial score (nSPS) is 12.1. The molecular formula is C17H13F2N5O2S. The van der Waals surface area contributed by atoms with Crippen LogP contribution in [0.25, 0.3) is 22.1 Å². The van der Waals surface area contributed by atoms with Crippen molar-refractivity contribution < 1.29 is 17.2 Å². The summed E-state index contributed by atoms with van der Waals surface area (Å²) in [5, 5.41) is 5.63. The van der Waals surface area contributed by atoms with Crippen LogP contribution in [0, 0.1) is 18.6 Å². The summed E-state index contributed by atoms with van der Waals surface area (Å²) in [5.41, 5.74) is 2.16. The van der Waals surface area contributed by atoms with Crippen molar-refractivity contribution in [1.29, 1.82) is 0 Å². The average molecular weight is 389 g/mol. The molecule has 4 rings (SSSR count). The average Bonchev–Trinajstić information content (AvgIpc) is 3.00. The molecule has 0 aliphatic carbocycles. The Bertz CT molecular complexity index is 1290. The molecule has 2 N–H and O–H groups in total. The smallest absolute Gasteiger partial charge is 0.238 e. The minimum Gasteiger partial charge on any atom is -0.325 e. The lowest BCUT2D eigenvalue weighted by atomic mass is 10.2. The molecule has 7 nitrogen and oxygen atoms in total. The molecule has 0 aliphatic heterocycles. The van der Waals surface area contributed by atoms with Gasteiger partial charge in [0.2, 0.25) is 10.0 Å². The van der Waals surface area contributed by atoms with Crippen LogP contribution in [0.15, 0.2) is 41.7 Å². The first kappa shape index (κ1) is 17.4. The summed E-state index contributed by atoms with van der Waals surface area (Å²) >= 11 is 0. The number of fused-ring (bicyclic) bond motifs is 3. The van der Waals surface area contributed by atoms with Crippen LogP contribution < -0.4 is 5.14 Å². The number of benzene rings is 1. The number of aryl methyl sites for hydroxylation is 1. The second-order valence-corrected chi connectivity index (χ2v) is 7.66. The highest BCUT2D eigenvalue weighted by molar-refractivity contribution is 7.89. The summed E-state index contributed by atoms with van der Waals surface area (Å²) in [6, 6.07) is 5.04. The van der Waals surface area contributed by atoms with Crippen LogP contribution >= 0.6 is 0 Å². The Morgan fingerprint density at radius 2 is 1.85 bits per heavy atom. The van der Waals surface area contributed by atoms with Crippen LogP contribution in [0.5, 0.6) is 0 Å². The van der Waals surface area contributed by atoms with E-state index in [-0.39, 0.29) is 12.1 Å². The Kier molecular flexibility index (Phi) is 3.89. The third-order valence-corrected chi connectivity index (χ3v) is 5.11. The number of aromatic nitrogens is 4. The number of rotatable bonds is 3. The van der Waals surface area contributed by atoms with E-state index < -0.39 is 26.6 Å². The number of halogens is 2. The molecule has 0 radical (unpaired) electrons. The van der Waals surface area contributed by atoms with Gasteiger partial charge in [0.1, 0.15) is 17.2 Å². The van der Waals surface area contributed by atoms with Crippen molar-refractivity contribution in [3.63, 3.8) is 0 Å². The van der Waals surface area contributed by atoms with Crippen LogP contribution in [-0.2, 0) is 16.6 Å². The molecule has 1 aromatic carbocycles. The summed E-state index contributed by atoms with van der Waals surface area (Å²) in [6.07, 6.45) is 2.98. The quantitative estimate of drug-likeness (QED) is 0.579. The topological polar surface area (TPSA) is 104 Å². The van der Waals surface area contributed by atoms with E-state index in [1.807, 2.05) is 19.1 Å². The Labute approximate surface area is 152 Å². The van der Waals surface area contributed by atoms with Gasteiger partial charge < -0.3 is 4.57 Å². The van der Waals surface area contributed by atoms with Crippen molar-refractivity contribution in [2.75, 3.05) is 0 Å². The lowest BCUT2D eigenvalue weighted by Gasteiger charge is -2.10. The van der Waals surface area contributed by atoms with Crippen LogP contribution in [-0.4, -0.2) is 27.9 Å². The molecule has 3 heterocycles. The zero-order valence-electron chi connectivity index (χ0n) is 14.0. The number of hydrogen-bond donors (Lipinski definition) is 1. The fourth-order valence-electron chi connectivity index (χ4n) is 2.92. The number of nitrogens with zero attached hydrogens (tertiary/aromatic N) is 4. The molecular weight excluding hydrogens is 376 g/mol. The van der Waals surface area contributed by atoms with Crippen LogP contribution in [0.1, 0.15) is 11.3 Å². The largest absolute Gasteiger partial charge is 0.325 e. The molecule has 0 fully saturated rings. The van der Waals surface area contributed by atoms with E-state index in [0.29, 0.717) is 34.2 Å². The molecule has 27 heavy (non-hydrogen) atoms. The zero-order chi connectivity index (χ0) is 19.3. The fourth-order valence-corrected chi connectivity index (χ4v) is 3.45. The number of sulfonamides is 1. The highest BCUT2D eigenvalue weighted by Crippen LogP contribution is 2.25. The third-order valence-electron chi connectivity index (χ3n) is 4.22. The Balaban J connectivity index is 1.87. The van der Waals surface area contributed by atoms with Gasteiger partial charge in [-0.15, -0.1) is 0 Å². The van der Waals surface area contributed by atoms with Gasteiger partial charge in [-0.1, -0.05) is 0 Å². The summed E-state index contributed by atoms with van der Waals surface area (Å²) in [7, 11) is -4.21. The first-order valence-corrected chi connectivity index (χ1v) is 9.36. The summed E-state index contributed by atoms with van der Waals surface area (Å²) in [4.78, 5) is 12.2. The summed E-state index contributed by atoms with van der Waals surface area (Å²) in [6.45, 7) is 1.65. The predicted octanol–water partition coefficient (Wildman–Crippen LogP) is 2.26. The molecule has 0 saturated heterocycles. The van der Waals surface area contributed by atoms with Gasteiger partial charge in [0, 0.05) is 16.6 Å². The second kappa shape index (κ2) is 6.03. The predicted molar refractivity (Wildman–Crippen MR) is 94.4 cm³/mol. The van der Waals surface area contributed by atoms with E-state index >= 15 is 0 Å². The molecule has 0 saturated carbocycles. The molecule has 0 aliphatic rings. The number of imidazole rings is 1.